The minimum Gasteiger partial charge on any atom is -0.342 e. The van der Waals surface area contributed by atoms with Gasteiger partial charge >= 0.3 is 0 Å². The third-order valence-corrected chi connectivity index (χ3v) is 6.62. The molecule has 1 aliphatic heterocycles. The second kappa shape index (κ2) is 9.13. The molecule has 1 fully saturated rings. The Morgan fingerprint density at radius 1 is 1.00 bits per heavy atom. The van der Waals surface area contributed by atoms with E-state index in [1.807, 2.05) is 86.8 Å². The monoisotopic (exact) mass is 499 g/mol. The fraction of sp³-hybridized carbons (Fsp3) is 0.107. The standard InChI is InChI=1S/C28H22ClN3O2S/c1-17-7-12-24(18(2)13-17)32-27(34)23(26(33)30-28(32)35)14-20-16-31(25-6-4-3-5-22(20)25)15-19-8-10-21(29)11-9-19/h3-14,16H,15H2,1-2H3,(H,30,33,35)/b23-14+. The first-order valence-electron chi connectivity index (χ1n) is 11.1. The minimum atomic E-state index is -0.504. The smallest absolute Gasteiger partial charge is 0.270 e. The van der Waals surface area contributed by atoms with Crippen LogP contribution in [0.25, 0.3) is 17.0 Å². The minimum absolute atomic E-state index is 0.0352. The van der Waals surface area contributed by atoms with Crippen molar-refractivity contribution in [1.82, 2.24) is 9.88 Å². The van der Waals surface area contributed by atoms with Crippen molar-refractivity contribution in [3.8, 4) is 0 Å². The topological polar surface area (TPSA) is 54.3 Å². The van der Waals surface area contributed by atoms with Gasteiger partial charge in [0.15, 0.2) is 5.11 Å². The number of hydrogen-bond donors (Lipinski definition) is 1. The molecule has 1 saturated heterocycles. The molecule has 0 atom stereocenters. The average molecular weight is 500 g/mol. The van der Waals surface area contributed by atoms with Gasteiger partial charge in [0.1, 0.15) is 5.57 Å². The van der Waals surface area contributed by atoms with E-state index in [1.165, 1.54) is 4.90 Å². The third-order valence-electron chi connectivity index (χ3n) is 6.08. The SMILES string of the molecule is Cc1ccc(N2C(=O)/C(=C/c3cn(Cc4ccc(Cl)cc4)c4ccccc34)C(=O)NC2=S)c(C)c1. The number of fused-ring (bicyclic) bond motifs is 1. The van der Waals surface area contributed by atoms with Crippen LogP contribution in [0.2, 0.25) is 5.02 Å². The highest BCUT2D eigenvalue weighted by Crippen LogP contribution is 2.29. The first-order chi connectivity index (χ1) is 16.8. The zero-order valence-electron chi connectivity index (χ0n) is 19.2. The highest BCUT2D eigenvalue weighted by atomic mass is 35.5. The molecule has 0 unspecified atom stereocenters. The summed E-state index contributed by atoms with van der Waals surface area (Å²) in [7, 11) is 0. The number of aromatic nitrogens is 1. The molecule has 0 spiro atoms. The van der Waals surface area contributed by atoms with Crippen molar-refractivity contribution in [3.63, 3.8) is 0 Å². The van der Waals surface area contributed by atoms with Gasteiger partial charge in [-0.15, -0.1) is 0 Å². The maximum atomic E-state index is 13.5. The number of anilines is 1. The van der Waals surface area contributed by atoms with Crippen molar-refractivity contribution >= 4 is 63.4 Å². The number of carbonyl (C=O) groups excluding carboxylic acids is 2. The molecule has 5 nitrogen and oxygen atoms in total. The number of halogens is 1. The zero-order chi connectivity index (χ0) is 24.7. The van der Waals surface area contributed by atoms with Gasteiger partial charge < -0.3 is 4.57 Å². The Hall–Kier alpha value is -3.74. The first-order valence-corrected chi connectivity index (χ1v) is 11.9. The van der Waals surface area contributed by atoms with Gasteiger partial charge in [0.05, 0.1) is 5.69 Å². The van der Waals surface area contributed by atoms with E-state index in [0.717, 1.165) is 33.2 Å². The predicted octanol–water partition coefficient (Wildman–Crippen LogP) is 5.79. The molecule has 2 amide bonds. The summed E-state index contributed by atoms with van der Waals surface area (Å²) in [5.41, 5.74) is 5.54. The molecule has 0 bridgehead atoms. The van der Waals surface area contributed by atoms with Crippen molar-refractivity contribution in [2.24, 2.45) is 0 Å². The summed E-state index contributed by atoms with van der Waals surface area (Å²) < 4.78 is 2.10. The number of benzene rings is 3. The Labute approximate surface area is 213 Å². The van der Waals surface area contributed by atoms with Gasteiger partial charge in [0.25, 0.3) is 11.8 Å². The number of amides is 2. The molecular formula is C28H22ClN3O2S. The van der Waals surface area contributed by atoms with Crippen molar-refractivity contribution in [3.05, 3.63) is 106 Å². The Balaban J connectivity index is 1.57. The quantitative estimate of drug-likeness (QED) is 0.219. The lowest BCUT2D eigenvalue weighted by molar-refractivity contribution is -0.122. The largest absolute Gasteiger partial charge is 0.342 e. The van der Waals surface area contributed by atoms with E-state index < -0.39 is 11.8 Å². The molecule has 3 aromatic carbocycles. The Morgan fingerprint density at radius 2 is 1.74 bits per heavy atom. The van der Waals surface area contributed by atoms with E-state index in [2.05, 4.69) is 9.88 Å². The lowest BCUT2D eigenvalue weighted by atomic mass is 10.0. The maximum absolute atomic E-state index is 13.5. The van der Waals surface area contributed by atoms with Crippen LogP contribution in [0.1, 0.15) is 22.3 Å². The van der Waals surface area contributed by atoms with E-state index in [4.69, 9.17) is 23.8 Å². The number of nitrogens with one attached hydrogen (secondary N) is 1. The molecule has 4 aromatic rings. The van der Waals surface area contributed by atoms with Crippen molar-refractivity contribution in [1.29, 1.82) is 0 Å². The molecular weight excluding hydrogens is 478 g/mol. The summed E-state index contributed by atoms with van der Waals surface area (Å²) in [6.07, 6.45) is 3.61. The molecule has 1 N–H and O–H groups in total. The highest BCUT2D eigenvalue weighted by Gasteiger charge is 2.35. The molecule has 2 heterocycles. The summed E-state index contributed by atoms with van der Waals surface area (Å²) >= 11 is 11.4. The maximum Gasteiger partial charge on any atom is 0.270 e. The van der Waals surface area contributed by atoms with E-state index in [1.54, 1.807) is 6.08 Å². The lowest BCUT2D eigenvalue weighted by Crippen LogP contribution is -2.54. The van der Waals surface area contributed by atoms with Crippen LogP contribution in [0.15, 0.2) is 78.5 Å². The fourth-order valence-corrected chi connectivity index (χ4v) is 4.80. The second-order valence-electron chi connectivity index (χ2n) is 8.60. The Morgan fingerprint density at radius 3 is 2.49 bits per heavy atom. The van der Waals surface area contributed by atoms with Gasteiger partial charge in [-0.1, -0.05) is 59.6 Å². The lowest BCUT2D eigenvalue weighted by Gasteiger charge is -2.30. The molecule has 35 heavy (non-hydrogen) atoms. The van der Waals surface area contributed by atoms with Crippen molar-refractivity contribution in [2.45, 2.75) is 20.4 Å². The summed E-state index contributed by atoms with van der Waals surface area (Å²) in [4.78, 5) is 27.8. The number of thiocarbonyl (C=S) groups is 1. The van der Waals surface area contributed by atoms with Gasteiger partial charge in [0.2, 0.25) is 0 Å². The average Bonchev–Trinajstić information content (AvgIpc) is 3.16. The van der Waals surface area contributed by atoms with Crippen LogP contribution in [0, 0.1) is 13.8 Å². The number of carbonyl (C=O) groups is 2. The number of para-hydroxylation sites is 1. The zero-order valence-corrected chi connectivity index (χ0v) is 20.8. The van der Waals surface area contributed by atoms with Gasteiger partial charge in [-0.2, -0.15) is 0 Å². The summed E-state index contributed by atoms with van der Waals surface area (Å²) in [6.45, 7) is 4.53. The van der Waals surface area contributed by atoms with E-state index in [-0.39, 0.29) is 10.7 Å². The van der Waals surface area contributed by atoms with Crippen molar-refractivity contribution < 1.29 is 9.59 Å². The molecule has 1 aromatic heterocycles. The molecule has 0 radical (unpaired) electrons. The van der Waals surface area contributed by atoms with Crippen LogP contribution >= 0.6 is 23.8 Å². The summed E-state index contributed by atoms with van der Waals surface area (Å²) in [5.74, 6) is -0.948. The summed E-state index contributed by atoms with van der Waals surface area (Å²) in [5, 5.41) is 4.39. The van der Waals surface area contributed by atoms with Gasteiger partial charge in [0, 0.05) is 34.2 Å². The van der Waals surface area contributed by atoms with Crippen LogP contribution < -0.4 is 10.2 Å². The van der Waals surface area contributed by atoms with Crippen LogP contribution in [-0.2, 0) is 16.1 Å². The third kappa shape index (κ3) is 4.38. The van der Waals surface area contributed by atoms with Gasteiger partial charge in [-0.25, -0.2) is 0 Å². The number of nitrogens with zero attached hydrogens (tertiary/aromatic N) is 2. The van der Waals surface area contributed by atoms with Crippen LogP contribution in [0.4, 0.5) is 5.69 Å². The van der Waals surface area contributed by atoms with Crippen LogP contribution in [0.3, 0.4) is 0 Å². The number of aryl methyl sites for hydroxylation is 2. The Bertz CT molecular complexity index is 1540. The van der Waals surface area contributed by atoms with Gasteiger partial charge in [-0.3, -0.25) is 19.8 Å². The molecule has 0 aliphatic carbocycles. The molecule has 174 valence electrons. The predicted molar refractivity (Wildman–Crippen MR) is 145 cm³/mol. The first kappa shape index (κ1) is 23.0. The van der Waals surface area contributed by atoms with Crippen LogP contribution in [-0.4, -0.2) is 21.5 Å². The second-order valence-corrected chi connectivity index (χ2v) is 9.43. The van der Waals surface area contributed by atoms with Gasteiger partial charge in [-0.05, 0) is 67.5 Å². The van der Waals surface area contributed by atoms with E-state index >= 15 is 0 Å². The van der Waals surface area contributed by atoms with E-state index in [0.29, 0.717) is 17.3 Å². The van der Waals surface area contributed by atoms with Crippen LogP contribution in [0.5, 0.6) is 0 Å². The normalized spacial score (nSPS) is 15.2. The molecule has 5 rings (SSSR count). The number of rotatable bonds is 4. The number of hydrogen-bond acceptors (Lipinski definition) is 3. The molecule has 0 saturated carbocycles. The Kier molecular flexibility index (Phi) is 6.01. The highest BCUT2D eigenvalue weighted by molar-refractivity contribution is 7.80. The molecule has 1 aliphatic rings. The van der Waals surface area contributed by atoms with E-state index in [9.17, 15) is 9.59 Å². The van der Waals surface area contributed by atoms with Crippen molar-refractivity contribution in [2.75, 3.05) is 4.90 Å². The summed E-state index contributed by atoms with van der Waals surface area (Å²) in [6, 6.07) is 21.4. The fourth-order valence-electron chi connectivity index (χ4n) is 4.40. The molecule has 7 heteroatoms.